The fourth-order valence-electron chi connectivity index (χ4n) is 1.72. The maximum atomic E-state index is 11.9. The van der Waals surface area contributed by atoms with Gasteiger partial charge in [0.25, 0.3) is 5.91 Å². The number of nitrogens with one attached hydrogen (secondary N) is 1. The maximum Gasteiger partial charge on any atom is 0.251 e. The Morgan fingerprint density at radius 2 is 2.12 bits per heavy atom. The van der Waals surface area contributed by atoms with Crippen LogP contribution in [0.1, 0.15) is 22.8 Å². The molecule has 4 nitrogen and oxygen atoms in total. The molecular weight excluding hydrogens is 214 g/mol. The van der Waals surface area contributed by atoms with Gasteiger partial charge in [0.15, 0.2) is 0 Å². The molecule has 1 atom stereocenters. The Labute approximate surface area is 103 Å². The highest BCUT2D eigenvalue weighted by molar-refractivity contribution is 5.95. The van der Waals surface area contributed by atoms with E-state index in [0.717, 1.165) is 12.1 Å². The number of rotatable bonds is 4. The van der Waals surface area contributed by atoms with Gasteiger partial charge in [-0.15, -0.1) is 0 Å². The van der Waals surface area contributed by atoms with Crippen LogP contribution in [0.5, 0.6) is 0 Å². The molecule has 1 rings (SSSR count). The zero-order valence-corrected chi connectivity index (χ0v) is 10.9. The minimum Gasteiger partial charge on any atom is -0.399 e. The summed E-state index contributed by atoms with van der Waals surface area (Å²) in [4.78, 5) is 14.0. The van der Waals surface area contributed by atoms with Crippen LogP contribution in [0.15, 0.2) is 18.2 Å². The number of nitrogens with two attached hydrogens (primary N) is 1. The number of likely N-dealkylation sites (N-methyl/N-ethyl adjacent to an activating group) is 1. The van der Waals surface area contributed by atoms with E-state index in [4.69, 9.17) is 5.73 Å². The number of aryl methyl sites for hydroxylation is 1. The second kappa shape index (κ2) is 5.68. The van der Waals surface area contributed by atoms with Gasteiger partial charge >= 0.3 is 0 Å². The molecule has 1 aromatic rings. The SMILES string of the molecule is Cc1cc(C(=O)NC(C)CN(C)C)ccc1N. The van der Waals surface area contributed by atoms with E-state index in [-0.39, 0.29) is 11.9 Å². The average molecular weight is 235 g/mol. The third-order valence-corrected chi connectivity index (χ3v) is 2.55. The van der Waals surface area contributed by atoms with Gasteiger partial charge in [-0.25, -0.2) is 0 Å². The minimum absolute atomic E-state index is 0.0533. The van der Waals surface area contributed by atoms with E-state index < -0.39 is 0 Å². The lowest BCUT2D eigenvalue weighted by atomic mass is 10.1. The second-order valence-corrected chi connectivity index (χ2v) is 4.71. The van der Waals surface area contributed by atoms with Crippen molar-refractivity contribution in [3.8, 4) is 0 Å². The lowest BCUT2D eigenvalue weighted by Crippen LogP contribution is -2.39. The first kappa shape index (κ1) is 13.5. The summed E-state index contributed by atoms with van der Waals surface area (Å²) in [6, 6.07) is 5.45. The van der Waals surface area contributed by atoms with Crippen LogP contribution < -0.4 is 11.1 Å². The van der Waals surface area contributed by atoms with Gasteiger partial charge in [-0.2, -0.15) is 0 Å². The van der Waals surface area contributed by atoms with Gasteiger partial charge in [-0.3, -0.25) is 4.79 Å². The number of nitrogens with zero attached hydrogens (tertiary/aromatic N) is 1. The third-order valence-electron chi connectivity index (χ3n) is 2.55. The highest BCUT2D eigenvalue weighted by Crippen LogP contribution is 2.12. The van der Waals surface area contributed by atoms with Crippen LogP contribution in [-0.4, -0.2) is 37.5 Å². The zero-order valence-electron chi connectivity index (χ0n) is 10.9. The quantitative estimate of drug-likeness (QED) is 0.772. The summed E-state index contributed by atoms with van der Waals surface area (Å²) in [6.07, 6.45) is 0. The smallest absolute Gasteiger partial charge is 0.251 e. The molecule has 1 unspecified atom stereocenters. The summed E-state index contributed by atoms with van der Waals surface area (Å²) in [5, 5.41) is 2.95. The van der Waals surface area contributed by atoms with Gasteiger partial charge in [0.2, 0.25) is 0 Å². The molecular formula is C13H21N3O. The molecule has 4 heteroatoms. The van der Waals surface area contributed by atoms with Crippen molar-refractivity contribution in [2.45, 2.75) is 19.9 Å². The van der Waals surface area contributed by atoms with E-state index >= 15 is 0 Å². The molecule has 0 heterocycles. The molecule has 0 spiro atoms. The molecule has 0 aliphatic carbocycles. The van der Waals surface area contributed by atoms with Crippen LogP contribution in [0.3, 0.4) is 0 Å². The van der Waals surface area contributed by atoms with Crippen molar-refractivity contribution < 1.29 is 4.79 Å². The van der Waals surface area contributed by atoms with Crippen molar-refractivity contribution >= 4 is 11.6 Å². The molecule has 0 saturated carbocycles. The Hall–Kier alpha value is -1.55. The lowest BCUT2D eigenvalue weighted by molar-refractivity contribution is 0.0934. The highest BCUT2D eigenvalue weighted by atomic mass is 16.1. The third kappa shape index (κ3) is 4.07. The molecule has 17 heavy (non-hydrogen) atoms. The van der Waals surface area contributed by atoms with Gasteiger partial charge in [-0.1, -0.05) is 0 Å². The molecule has 0 aromatic heterocycles. The van der Waals surface area contributed by atoms with Crippen molar-refractivity contribution in [2.24, 2.45) is 0 Å². The number of carbonyl (C=O) groups excluding carboxylic acids is 1. The van der Waals surface area contributed by atoms with E-state index in [2.05, 4.69) is 5.32 Å². The lowest BCUT2D eigenvalue weighted by Gasteiger charge is -2.18. The maximum absolute atomic E-state index is 11.9. The largest absolute Gasteiger partial charge is 0.399 e. The van der Waals surface area contributed by atoms with Gasteiger partial charge in [-0.05, 0) is 51.7 Å². The second-order valence-electron chi connectivity index (χ2n) is 4.71. The Kier molecular flexibility index (Phi) is 4.52. The first-order chi connectivity index (χ1) is 7.90. The molecule has 0 radical (unpaired) electrons. The molecule has 0 fully saturated rings. The van der Waals surface area contributed by atoms with Crippen LogP contribution in [-0.2, 0) is 0 Å². The molecule has 0 saturated heterocycles. The monoisotopic (exact) mass is 235 g/mol. The highest BCUT2D eigenvalue weighted by Gasteiger charge is 2.10. The van der Waals surface area contributed by atoms with Crippen molar-refractivity contribution in [1.82, 2.24) is 10.2 Å². The number of carbonyl (C=O) groups is 1. The van der Waals surface area contributed by atoms with Gasteiger partial charge < -0.3 is 16.0 Å². The number of amides is 1. The van der Waals surface area contributed by atoms with Crippen LogP contribution >= 0.6 is 0 Å². The molecule has 94 valence electrons. The van der Waals surface area contributed by atoms with E-state index in [0.29, 0.717) is 11.3 Å². The summed E-state index contributed by atoms with van der Waals surface area (Å²) in [6.45, 7) is 4.71. The van der Waals surface area contributed by atoms with Crippen LogP contribution in [0.4, 0.5) is 5.69 Å². The standard InChI is InChI=1S/C13H21N3O/c1-9-7-11(5-6-12(9)14)13(17)15-10(2)8-16(3)4/h5-7,10H,8,14H2,1-4H3,(H,15,17). The van der Waals surface area contributed by atoms with Gasteiger partial charge in [0.05, 0.1) is 0 Å². The predicted molar refractivity (Wildman–Crippen MR) is 71.1 cm³/mol. The Bertz CT molecular complexity index is 402. The van der Waals surface area contributed by atoms with Gasteiger partial charge in [0.1, 0.15) is 0 Å². The Balaban J connectivity index is 2.66. The number of anilines is 1. The van der Waals surface area contributed by atoms with Crippen molar-refractivity contribution in [1.29, 1.82) is 0 Å². The van der Waals surface area contributed by atoms with E-state index in [1.54, 1.807) is 12.1 Å². The normalized spacial score (nSPS) is 12.5. The first-order valence-corrected chi connectivity index (χ1v) is 5.72. The molecule has 0 aliphatic heterocycles. The van der Waals surface area contributed by atoms with E-state index in [9.17, 15) is 4.79 Å². The summed E-state index contributed by atoms with van der Waals surface area (Å²) >= 11 is 0. The average Bonchev–Trinajstić information content (AvgIpc) is 2.20. The zero-order chi connectivity index (χ0) is 13.0. The fraction of sp³-hybridized carbons (Fsp3) is 0.462. The fourth-order valence-corrected chi connectivity index (χ4v) is 1.72. The first-order valence-electron chi connectivity index (χ1n) is 5.72. The molecule has 0 aliphatic rings. The van der Waals surface area contributed by atoms with Crippen LogP contribution in [0.2, 0.25) is 0 Å². The number of nitrogen functional groups attached to an aromatic ring is 1. The summed E-state index contributed by atoms with van der Waals surface area (Å²) in [5.41, 5.74) is 8.01. The van der Waals surface area contributed by atoms with Crippen molar-refractivity contribution in [2.75, 3.05) is 26.4 Å². The van der Waals surface area contributed by atoms with Crippen molar-refractivity contribution in [3.63, 3.8) is 0 Å². The topological polar surface area (TPSA) is 58.4 Å². The number of hydrogen-bond acceptors (Lipinski definition) is 3. The van der Waals surface area contributed by atoms with Crippen molar-refractivity contribution in [3.05, 3.63) is 29.3 Å². The molecule has 1 aromatic carbocycles. The number of benzene rings is 1. The van der Waals surface area contributed by atoms with Gasteiger partial charge in [0, 0.05) is 23.8 Å². The minimum atomic E-state index is -0.0533. The Morgan fingerprint density at radius 1 is 1.47 bits per heavy atom. The van der Waals surface area contributed by atoms with Crippen LogP contribution in [0.25, 0.3) is 0 Å². The summed E-state index contributed by atoms with van der Waals surface area (Å²) in [5.74, 6) is -0.0533. The summed E-state index contributed by atoms with van der Waals surface area (Å²) in [7, 11) is 3.96. The predicted octanol–water partition coefficient (Wildman–Crippen LogP) is 1.26. The van der Waals surface area contributed by atoms with E-state index in [1.807, 2.05) is 38.9 Å². The molecule has 3 N–H and O–H groups in total. The van der Waals surface area contributed by atoms with Crippen LogP contribution in [0, 0.1) is 6.92 Å². The molecule has 1 amide bonds. The van der Waals surface area contributed by atoms with E-state index in [1.165, 1.54) is 0 Å². The Morgan fingerprint density at radius 3 is 2.65 bits per heavy atom. The molecule has 0 bridgehead atoms. The number of hydrogen-bond donors (Lipinski definition) is 2. The summed E-state index contributed by atoms with van der Waals surface area (Å²) < 4.78 is 0.